The third-order valence-corrected chi connectivity index (χ3v) is 4.81. The number of halogens is 4. The number of anilines is 1. The van der Waals surface area contributed by atoms with Crippen molar-refractivity contribution < 1.29 is 32.2 Å². The topological polar surface area (TPSA) is 67.9 Å². The number of nitrogens with zero attached hydrogens (tertiary/aromatic N) is 1. The molecule has 1 atom stereocenters. The van der Waals surface area contributed by atoms with Crippen LogP contribution in [0.2, 0.25) is 5.02 Å². The number of benzene rings is 1. The summed E-state index contributed by atoms with van der Waals surface area (Å²) in [6.45, 7) is 0. The van der Waals surface area contributed by atoms with Crippen LogP contribution in [0.4, 0.5) is 28.4 Å². The van der Waals surface area contributed by atoms with Gasteiger partial charge in [0, 0.05) is 18.1 Å². The van der Waals surface area contributed by atoms with E-state index in [-0.39, 0.29) is 16.8 Å². The molecule has 10 heteroatoms. The largest absolute Gasteiger partial charge is 0.473 e. The second kappa shape index (κ2) is 6.53. The molecular formula is C16H16ClF3N2O4. The van der Waals surface area contributed by atoms with Crippen molar-refractivity contribution in [1.29, 1.82) is 0 Å². The normalized spacial score (nSPS) is 23.0. The van der Waals surface area contributed by atoms with E-state index in [2.05, 4.69) is 10.1 Å². The van der Waals surface area contributed by atoms with Crippen LogP contribution in [0.15, 0.2) is 18.2 Å². The van der Waals surface area contributed by atoms with Crippen molar-refractivity contribution in [3.05, 3.63) is 28.8 Å². The van der Waals surface area contributed by atoms with Gasteiger partial charge in [-0.2, -0.15) is 13.2 Å². The molecule has 0 aromatic heterocycles. The van der Waals surface area contributed by atoms with Gasteiger partial charge in [-0.15, -0.1) is 0 Å². The molecule has 0 saturated heterocycles. The average Bonchev–Trinajstić information content (AvgIpc) is 3.08. The van der Waals surface area contributed by atoms with Crippen LogP contribution in [0.1, 0.15) is 31.2 Å². The first-order valence-corrected chi connectivity index (χ1v) is 8.34. The zero-order chi connectivity index (χ0) is 19.1. The summed E-state index contributed by atoms with van der Waals surface area (Å²) in [7, 11) is 1.37. The highest BCUT2D eigenvalue weighted by Gasteiger charge is 2.66. The fourth-order valence-electron chi connectivity index (χ4n) is 3.20. The van der Waals surface area contributed by atoms with Crippen LogP contribution in [0.5, 0.6) is 0 Å². The van der Waals surface area contributed by atoms with Gasteiger partial charge in [0.05, 0.1) is 11.3 Å². The number of carbonyl (C=O) groups is 2. The first kappa shape index (κ1) is 18.6. The van der Waals surface area contributed by atoms with Gasteiger partial charge in [0.2, 0.25) is 0 Å². The van der Waals surface area contributed by atoms with Crippen LogP contribution in [0.3, 0.4) is 0 Å². The second-order valence-electron chi connectivity index (χ2n) is 6.24. The van der Waals surface area contributed by atoms with Crippen LogP contribution >= 0.6 is 11.6 Å². The molecular weight excluding hydrogens is 377 g/mol. The molecule has 1 heterocycles. The Labute approximate surface area is 152 Å². The smallest absolute Gasteiger partial charge is 0.393 e. The molecule has 0 radical (unpaired) electrons. The number of nitrogens with one attached hydrogen (secondary N) is 1. The Bertz CT molecular complexity index is 737. The highest BCUT2D eigenvalue weighted by Crippen LogP contribution is 2.49. The molecule has 1 aromatic rings. The van der Waals surface area contributed by atoms with Gasteiger partial charge in [0.1, 0.15) is 0 Å². The van der Waals surface area contributed by atoms with Crippen LogP contribution < -0.4 is 5.32 Å². The third-order valence-electron chi connectivity index (χ3n) is 4.57. The molecule has 3 rings (SSSR count). The van der Waals surface area contributed by atoms with E-state index in [0.29, 0.717) is 12.8 Å². The predicted molar refractivity (Wildman–Crippen MR) is 85.8 cm³/mol. The second-order valence-corrected chi connectivity index (χ2v) is 6.67. The van der Waals surface area contributed by atoms with Crippen molar-refractivity contribution in [2.24, 2.45) is 0 Å². The molecule has 0 bridgehead atoms. The van der Waals surface area contributed by atoms with E-state index < -0.39 is 29.7 Å². The van der Waals surface area contributed by atoms with Crippen LogP contribution in [0, 0.1) is 0 Å². The average molecular weight is 393 g/mol. The van der Waals surface area contributed by atoms with Crippen molar-refractivity contribution in [2.75, 3.05) is 12.4 Å². The maximum atomic E-state index is 13.9. The van der Waals surface area contributed by atoms with Crippen molar-refractivity contribution in [3.8, 4) is 0 Å². The van der Waals surface area contributed by atoms with Gasteiger partial charge in [-0.1, -0.05) is 24.4 Å². The first-order chi connectivity index (χ1) is 12.1. The van der Waals surface area contributed by atoms with Gasteiger partial charge in [-0.05, 0) is 31.0 Å². The lowest BCUT2D eigenvalue weighted by Gasteiger charge is -2.39. The lowest BCUT2D eigenvalue weighted by atomic mass is 10.0. The van der Waals surface area contributed by atoms with Gasteiger partial charge in [-0.25, -0.2) is 9.59 Å². The Morgan fingerprint density at radius 2 is 2.04 bits per heavy atom. The van der Waals surface area contributed by atoms with Crippen molar-refractivity contribution in [2.45, 2.75) is 43.7 Å². The number of fused-ring (bicyclic) bond motifs is 1. The molecule has 1 saturated carbocycles. The molecule has 2 aliphatic rings. The van der Waals surface area contributed by atoms with E-state index in [1.807, 2.05) is 0 Å². The number of hydrogen-bond donors (Lipinski definition) is 1. The summed E-state index contributed by atoms with van der Waals surface area (Å²) in [6, 6.07) is 3.23. The SMILES string of the molecule is CN(C(=O)OC1(C(F)(F)F)OC(=O)Nc2ccc(Cl)cc21)C1CCCC1. The van der Waals surface area contributed by atoms with E-state index in [9.17, 15) is 22.8 Å². The Kier molecular flexibility index (Phi) is 4.68. The van der Waals surface area contributed by atoms with Crippen LogP contribution in [-0.4, -0.2) is 36.4 Å². The number of rotatable bonds is 2. The van der Waals surface area contributed by atoms with Crippen LogP contribution in [-0.2, 0) is 15.3 Å². The number of hydrogen-bond acceptors (Lipinski definition) is 4. The minimum absolute atomic E-state index is 0.0303. The molecule has 1 aliphatic heterocycles. The number of alkyl halides is 3. The van der Waals surface area contributed by atoms with Crippen LogP contribution in [0.25, 0.3) is 0 Å². The quantitative estimate of drug-likeness (QED) is 0.796. The first-order valence-electron chi connectivity index (χ1n) is 7.96. The van der Waals surface area contributed by atoms with Gasteiger partial charge >= 0.3 is 24.1 Å². The van der Waals surface area contributed by atoms with E-state index in [1.165, 1.54) is 19.2 Å². The summed E-state index contributed by atoms with van der Waals surface area (Å²) in [5.41, 5.74) is -0.787. The Balaban J connectivity index is 2.02. The summed E-state index contributed by atoms with van der Waals surface area (Å²) < 4.78 is 51.1. The van der Waals surface area contributed by atoms with Gasteiger partial charge in [0.25, 0.3) is 0 Å². The lowest BCUT2D eigenvalue weighted by Crippen LogP contribution is -2.55. The van der Waals surface area contributed by atoms with Crippen molar-refractivity contribution >= 4 is 29.5 Å². The molecule has 142 valence electrons. The highest BCUT2D eigenvalue weighted by molar-refractivity contribution is 6.30. The summed E-state index contributed by atoms with van der Waals surface area (Å²) in [5, 5.41) is 2.12. The Morgan fingerprint density at radius 3 is 2.65 bits per heavy atom. The number of cyclic esters (lactones) is 1. The number of ether oxygens (including phenoxy) is 2. The molecule has 2 amide bonds. The molecule has 1 aromatic carbocycles. The molecule has 6 nitrogen and oxygen atoms in total. The zero-order valence-corrected chi connectivity index (χ0v) is 14.5. The Morgan fingerprint density at radius 1 is 1.38 bits per heavy atom. The number of carbonyl (C=O) groups excluding carboxylic acids is 2. The predicted octanol–water partition coefficient (Wildman–Crippen LogP) is 4.63. The fraction of sp³-hybridized carbons (Fsp3) is 0.500. The molecule has 1 unspecified atom stereocenters. The summed E-state index contributed by atoms with van der Waals surface area (Å²) >= 11 is 5.81. The summed E-state index contributed by atoms with van der Waals surface area (Å²) in [6.07, 6.45) is -4.71. The van der Waals surface area contributed by atoms with E-state index in [4.69, 9.17) is 16.3 Å². The summed E-state index contributed by atoms with van der Waals surface area (Å²) in [5.74, 6) is -3.57. The van der Waals surface area contributed by atoms with Gasteiger partial charge in [0.15, 0.2) is 0 Å². The maximum absolute atomic E-state index is 13.9. The molecule has 0 spiro atoms. The highest BCUT2D eigenvalue weighted by atomic mass is 35.5. The molecule has 1 fully saturated rings. The third kappa shape index (κ3) is 3.15. The minimum atomic E-state index is -5.21. The lowest BCUT2D eigenvalue weighted by molar-refractivity contribution is -0.352. The van der Waals surface area contributed by atoms with Crippen molar-refractivity contribution in [3.63, 3.8) is 0 Å². The zero-order valence-electron chi connectivity index (χ0n) is 13.7. The fourth-order valence-corrected chi connectivity index (χ4v) is 3.37. The summed E-state index contributed by atoms with van der Waals surface area (Å²) in [4.78, 5) is 25.2. The van der Waals surface area contributed by atoms with Gasteiger partial charge < -0.3 is 14.4 Å². The minimum Gasteiger partial charge on any atom is -0.393 e. The molecule has 1 N–H and O–H groups in total. The monoisotopic (exact) mass is 392 g/mol. The van der Waals surface area contributed by atoms with E-state index in [0.717, 1.165) is 23.8 Å². The standard InChI is InChI=1S/C16H16ClF3N2O4/c1-22(10-4-2-3-5-10)14(24)26-15(16(18,19)20)11-8-9(17)6-7-12(11)21-13(23)25-15/h6-8,10H,2-5H2,1H3,(H,21,23). The van der Waals surface area contributed by atoms with E-state index in [1.54, 1.807) is 0 Å². The maximum Gasteiger partial charge on any atom is 0.473 e. The molecule has 26 heavy (non-hydrogen) atoms. The number of amides is 2. The van der Waals surface area contributed by atoms with E-state index >= 15 is 0 Å². The van der Waals surface area contributed by atoms with Crippen molar-refractivity contribution in [1.82, 2.24) is 4.90 Å². The van der Waals surface area contributed by atoms with Gasteiger partial charge in [-0.3, -0.25) is 5.32 Å². The molecule has 1 aliphatic carbocycles. The Hall–Kier alpha value is -2.16.